The summed E-state index contributed by atoms with van der Waals surface area (Å²) in [5, 5.41) is 8.10. The molecule has 30 heavy (non-hydrogen) atoms. The highest BCUT2D eigenvalue weighted by Crippen LogP contribution is 2.31. The molecule has 2 aromatic rings. The number of Topliss-reactive ketones (excluding diaryl/α,β-unsaturated/α-hetero) is 1. The predicted molar refractivity (Wildman–Crippen MR) is 112 cm³/mol. The molecule has 4 rings (SSSR count). The summed E-state index contributed by atoms with van der Waals surface area (Å²) in [6, 6.07) is 1.66. The zero-order valence-electron chi connectivity index (χ0n) is 16.7. The summed E-state index contributed by atoms with van der Waals surface area (Å²) in [6.07, 6.45) is 1.03. The number of carbonyl (C=O) groups excluding carboxylic acids is 1. The van der Waals surface area contributed by atoms with Crippen LogP contribution < -0.4 is 0 Å². The van der Waals surface area contributed by atoms with Crippen molar-refractivity contribution in [2.75, 3.05) is 28.8 Å². The van der Waals surface area contributed by atoms with Crippen LogP contribution in [0.5, 0.6) is 0 Å². The molecule has 0 spiro atoms. The fraction of sp³-hybridized carbons (Fsp3) is 0.611. The number of carbonyl (C=O) groups is 1. The molecule has 0 saturated carbocycles. The van der Waals surface area contributed by atoms with Gasteiger partial charge in [0.1, 0.15) is 0 Å². The van der Waals surface area contributed by atoms with Crippen molar-refractivity contribution in [2.24, 2.45) is 0 Å². The molecule has 2 aliphatic rings. The van der Waals surface area contributed by atoms with Crippen LogP contribution in [-0.4, -0.2) is 66.1 Å². The van der Waals surface area contributed by atoms with Gasteiger partial charge in [-0.05, 0) is 32.8 Å². The fourth-order valence-corrected chi connectivity index (χ4v) is 8.32. The average molecular weight is 474 g/mol. The van der Waals surface area contributed by atoms with Crippen molar-refractivity contribution in [2.45, 2.75) is 43.9 Å². The lowest BCUT2D eigenvalue weighted by Crippen LogP contribution is -2.14. The Morgan fingerprint density at radius 2 is 1.83 bits per heavy atom. The highest BCUT2D eigenvalue weighted by molar-refractivity contribution is 7.99. The van der Waals surface area contributed by atoms with E-state index in [9.17, 15) is 21.6 Å². The number of ketones is 1. The summed E-state index contributed by atoms with van der Waals surface area (Å²) < 4.78 is 54.4. The molecule has 0 bridgehead atoms. The van der Waals surface area contributed by atoms with Crippen LogP contribution in [0, 0.1) is 13.8 Å². The molecule has 164 valence electrons. The predicted octanol–water partition coefficient (Wildman–Crippen LogP) is 1.72. The smallest absolute Gasteiger partial charge is 0.277 e. The van der Waals surface area contributed by atoms with Crippen LogP contribution in [0.1, 0.15) is 52.4 Å². The molecular formula is C18H23N3O6S3. The van der Waals surface area contributed by atoms with Crippen LogP contribution in [-0.2, 0) is 19.7 Å². The van der Waals surface area contributed by atoms with Crippen molar-refractivity contribution in [1.82, 2.24) is 14.8 Å². The minimum absolute atomic E-state index is 0.0150. The van der Waals surface area contributed by atoms with Gasteiger partial charge in [0.2, 0.25) is 5.89 Å². The van der Waals surface area contributed by atoms with Crippen LogP contribution in [0.15, 0.2) is 15.7 Å². The van der Waals surface area contributed by atoms with Crippen LogP contribution in [0.25, 0.3) is 0 Å². The van der Waals surface area contributed by atoms with Crippen molar-refractivity contribution >= 4 is 37.2 Å². The maximum Gasteiger partial charge on any atom is 0.277 e. The highest BCUT2D eigenvalue weighted by Gasteiger charge is 2.33. The van der Waals surface area contributed by atoms with Gasteiger partial charge in [0, 0.05) is 23.0 Å². The second-order valence-electron chi connectivity index (χ2n) is 7.93. The second kappa shape index (κ2) is 7.79. The van der Waals surface area contributed by atoms with E-state index in [1.807, 2.05) is 18.4 Å². The summed E-state index contributed by atoms with van der Waals surface area (Å²) in [5.74, 6) is 0.421. The molecule has 4 heterocycles. The van der Waals surface area contributed by atoms with Gasteiger partial charge in [-0.15, -0.1) is 10.2 Å². The van der Waals surface area contributed by atoms with E-state index in [1.54, 1.807) is 6.07 Å². The number of sulfone groups is 2. The third-order valence-electron chi connectivity index (χ3n) is 5.69. The Kier molecular flexibility index (Phi) is 5.60. The number of aromatic nitrogens is 3. The average Bonchev–Trinajstić information content (AvgIpc) is 3.40. The molecule has 0 unspecified atom stereocenters. The summed E-state index contributed by atoms with van der Waals surface area (Å²) in [7, 11) is -6.07. The van der Waals surface area contributed by atoms with Gasteiger partial charge in [0.25, 0.3) is 5.22 Å². The molecule has 12 heteroatoms. The van der Waals surface area contributed by atoms with E-state index in [2.05, 4.69) is 10.2 Å². The van der Waals surface area contributed by atoms with Gasteiger partial charge in [-0.3, -0.25) is 4.79 Å². The Morgan fingerprint density at radius 1 is 1.13 bits per heavy atom. The van der Waals surface area contributed by atoms with Crippen LogP contribution >= 0.6 is 11.8 Å². The molecule has 9 nitrogen and oxygen atoms in total. The van der Waals surface area contributed by atoms with E-state index in [1.165, 1.54) is 0 Å². The van der Waals surface area contributed by atoms with Crippen molar-refractivity contribution in [3.63, 3.8) is 0 Å². The first-order valence-electron chi connectivity index (χ1n) is 9.63. The van der Waals surface area contributed by atoms with Gasteiger partial charge >= 0.3 is 0 Å². The molecule has 0 N–H and O–H groups in total. The lowest BCUT2D eigenvalue weighted by molar-refractivity contribution is 0.102. The van der Waals surface area contributed by atoms with Crippen molar-refractivity contribution in [3.05, 3.63) is 28.9 Å². The SMILES string of the molecule is Cc1cc(C(=O)CSc2nnc([C@H]3CCS(=O)(=O)C3)o2)c(C)n1[C@@H]1CCS(=O)(=O)C1. The maximum absolute atomic E-state index is 12.8. The largest absolute Gasteiger partial charge is 0.416 e. The van der Waals surface area contributed by atoms with E-state index in [0.29, 0.717) is 24.3 Å². The van der Waals surface area contributed by atoms with Gasteiger partial charge in [0.05, 0.1) is 34.7 Å². The Morgan fingerprint density at radius 3 is 2.47 bits per heavy atom. The number of hydrogen-bond acceptors (Lipinski definition) is 9. The second-order valence-corrected chi connectivity index (χ2v) is 13.3. The summed E-state index contributed by atoms with van der Waals surface area (Å²) in [4.78, 5) is 12.8. The molecule has 0 aliphatic carbocycles. The van der Waals surface area contributed by atoms with Crippen molar-refractivity contribution in [1.29, 1.82) is 0 Å². The van der Waals surface area contributed by atoms with Crippen LogP contribution in [0.3, 0.4) is 0 Å². The molecule has 2 fully saturated rings. The minimum atomic E-state index is -3.05. The van der Waals surface area contributed by atoms with E-state index in [-0.39, 0.29) is 51.7 Å². The first kappa shape index (κ1) is 21.6. The number of thioether (sulfide) groups is 1. The summed E-state index contributed by atoms with van der Waals surface area (Å²) in [5.41, 5.74) is 2.19. The van der Waals surface area contributed by atoms with Crippen LogP contribution in [0.4, 0.5) is 0 Å². The normalized spacial score (nSPS) is 25.0. The zero-order valence-corrected chi connectivity index (χ0v) is 19.1. The summed E-state index contributed by atoms with van der Waals surface area (Å²) in [6.45, 7) is 3.71. The Labute approximate surface area is 179 Å². The Balaban J connectivity index is 1.42. The molecule has 2 atom stereocenters. The quantitative estimate of drug-likeness (QED) is 0.455. The topological polar surface area (TPSA) is 129 Å². The number of hydrogen-bond donors (Lipinski definition) is 0. The lowest BCUT2D eigenvalue weighted by atomic mass is 10.1. The van der Waals surface area contributed by atoms with Crippen LogP contribution in [0.2, 0.25) is 0 Å². The summed E-state index contributed by atoms with van der Waals surface area (Å²) >= 11 is 1.11. The zero-order chi connectivity index (χ0) is 21.7. The molecule has 2 aliphatic heterocycles. The van der Waals surface area contributed by atoms with Gasteiger partial charge in [-0.1, -0.05) is 11.8 Å². The lowest BCUT2D eigenvalue weighted by Gasteiger charge is -2.16. The molecular weight excluding hydrogens is 450 g/mol. The first-order valence-corrected chi connectivity index (χ1v) is 14.3. The highest BCUT2D eigenvalue weighted by atomic mass is 32.2. The van der Waals surface area contributed by atoms with E-state index in [4.69, 9.17) is 4.42 Å². The van der Waals surface area contributed by atoms with E-state index in [0.717, 1.165) is 23.1 Å². The Hall–Kier alpha value is -1.66. The van der Waals surface area contributed by atoms with E-state index < -0.39 is 19.7 Å². The monoisotopic (exact) mass is 473 g/mol. The van der Waals surface area contributed by atoms with Gasteiger partial charge in [-0.2, -0.15) is 0 Å². The number of nitrogens with zero attached hydrogens (tertiary/aromatic N) is 3. The standard InChI is InChI=1S/C18H23N3O6S3/c1-11-7-15(12(2)21(11)14-4-6-30(25,26)10-14)16(22)8-28-18-20-19-17(27-18)13-3-5-29(23,24)9-13/h7,13-14H,3-6,8-10H2,1-2H3/t13-,14+/m0/s1. The van der Waals surface area contributed by atoms with Gasteiger partial charge in [-0.25, -0.2) is 16.8 Å². The van der Waals surface area contributed by atoms with Crippen molar-refractivity contribution < 1.29 is 26.0 Å². The first-order chi connectivity index (χ1) is 14.0. The number of aryl methyl sites for hydroxylation is 1. The third-order valence-corrected chi connectivity index (χ3v) is 10.0. The van der Waals surface area contributed by atoms with Crippen molar-refractivity contribution in [3.8, 4) is 0 Å². The fourth-order valence-electron chi connectivity index (χ4n) is 4.24. The van der Waals surface area contributed by atoms with E-state index >= 15 is 0 Å². The maximum atomic E-state index is 12.8. The third kappa shape index (κ3) is 4.35. The molecule has 0 amide bonds. The van der Waals surface area contributed by atoms with Gasteiger partial charge in [0.15, 0.2) is 25.5 Å². The molecule has 0 radical (unpaired) electrons. The molecule has 2 saturated heterocycles. The molecule has 0 aromatic carbocycles. The van der Waals surface area contributed by atoms with Gasteiger partial charge < -0.3 is 8.98 Å². The molecule has 2 aromatic heterocycles. The Bertz CT molecular complexity index is 1200. The minimum Gasteiger partial charge on any atom is -0.416 e. The number of rotatable bonds is 6.